The summed E-state index contributed by atoms with van der Waals surface area (Å²) in [6, 6.07) is 0. The summed E-state index contributed by atoms with van der Waals surface area (Å²) in [6.45, 7) is 1.26. The van der Waals surface area contributed by atoms with Crippen LogP contribution in [0.3, 0.4) is 0 Å². The number of carbonyl (C=O) groups excluding carboxylic acids is 1. The van der Waals surface area contributed by atoms with Crippen LogP contribution in [0, 0.1) is 0 Å². The monoisotopic (exact) mass is 378 g/mol. The second kappa shape index (κ2) is 14.7. The average molecular weight is 378 g/mol. The van der Waals surface area contributed by atoms with Crippen LogP contribution in [0.1, 0.15) is 77.6 Å². The predicted molar refractivity (Wildman–Crippen MR) is 93.8 cm³/mol. The van der Waals surface area contributed by atoms with Crippen LogP contribution in [0.2, 0.25) is 0 Å². The summed E-state index contributed by atoms with van der Waals surface area (Å²) in [5.41, 5.74) is -2.25. The van der Waals surface area contributed by atoms with E-state index in [-0.39, 0.29) is 36.0 Å². The van der Waals surface area contributed by atoms with Gasteiger partial charge in [0.25, 0.3) is 0 Å². The molecule has 0 aliphatic carbocycles. The molecule has 0 heterocycles. The topological polar surface area (TPSA) is 124 Å². The molecule has 0 saturated heterocycles. The number of phosphoric acid groups is 1. The number of hydrogen-bond acceptors (Lipinski definition) is 5. The van der Waals surface area contributed by atoms with E-state index in [4.69, 9.17) is 14.9 Å². The van der Waals surface area contributed by atoms with E-state index in [1.165, 1.54) is 32.1 Å². The van der Waals surface area contributed by atoms with Gasteiger partial charge in [-0.05, 0) is 12.8 Å². The molecule has 9 heteroatoms. The van der Waals surface area contributed by atoms with Gasteiger partial charge in [-0.3, -0.25) is 9.79 Å². The van der Waals surface area contributed by atoms with E-state index in [9.17, 15) is 14.5 Å². The predicted octanol–water partition coefficient (Wildman–Crippen LogP) is 2.01. The fourth-order valence-electron chi connectivity index (χ4n) is 2.34. The van der Waals surface area contributed by atoms with Crippen LogP contribution in [0.15, 0.2) is 0 Å². The van der Waals surface area contributed by atoms with E-state index in [0.29, 0.717) is 6.42 Å². The Labute approximate surface area is 166 Å². The van der Waals surface area contributed by atoms with Crippen molar-refractivity contribution in [2.75, 3.05) is 6.61 Å². The SMILES string of the molecule is CCCCCCCCCCCCC(O)(CO)C(=O)OP(=O)(O)O.[NaH]. The first kappa shape index (κ1) is 26.8. The standard InChI is InChI=1S/C15H31O7P.Na.H/c1-2-3-4-5-6-7-8-9-10-11-12-15(18,13-16)14(17)22-23(19,20)21;;/h16,18H,2-13H2,1H3,(H2,19,20,21);;. The fraction of sp³-hybridized carbons (Fsp3) is 0.933. The average Bonchev–Trinajstić information content (AvgIpc) is 2.47. The molecule has 0 rings (SSSR count). The van der Waals surface area contributed by atoms with Crippen LogP contribution in [0.25, 0.3) is 0 Å². The van der Waals surface area contributed by atoms with Gasteiger partial charge in [0.2, 0.25) is 0 Å². The molecule has 0 fully saturated rings. The summed E-state index contributed by atoms with van der Waals surface area (Å²) < 4.78 is 14.5. The molecule has 24 heavy (non-hydrogen) atoms. The first-order valence-electron chi connectivity index (χ1n) is 8.38. The maximum atomic E-state index is 11.5. The van der Waals surface area contributed by atoms with Crippen molar-refractivity contribution < 1.29 is 33.9 Å². The number of unbranched alkanes of at least 4 members (excludes halogenated alkanes) is 9. The minimum atomic E-state index is -5.02. The zero-order valence-corrected chi connectivity index (χ0v) is 14.8. The molecular formula is C15H32NaO7P. The summed E-state index contributed by atoms with van der Waals surface area (Å²) in [5, 5.41) is 19.0. The van der Waals surface area contributed by atoms with Crippen molar-refractivity contribution in [3.63, 3.8) is 0 Å². The Morgan fingerprint density at radius 2 is 1.38 bits per heavy atom. The van der Waals surface area contributed by atoms with Crippen molar-refractivity contribution in [1.82, 2.24) is 0 Å². The molecule has 0 spiro atoms. The third-order valence-electron chi connectivity index (χ3n) is 3.79. The van der Waals surface area contributed by atoms with Gasteiger partial charge in [-0.2, -0.15) is 0 Å². The summed E-state index contributed by atoms with van der Waals surface area (Å²) >= 11 is 0. The molecule has 0 aliphatic rings. The maximum absolute atomic E-state index is 11.5. The molecule has 0 aliphatic heterocycles. The van der Waals surface area contributed by atoms with E-state index >= 15 is 0 Å². The van der Waals surface area contributed by atoms with Gasteiger partial charge in [-0.15, -0.1) is 0 Å². The molecule has 4 N–H and O–H groups in total. The Morgan fingerprint density at radius 1 is 0.958 bits per heavy atom. The molecule has 7 nitrogen and oxygen atoms in total. The zero-order chi connectivity index (χ0) is 17.8. The number of phosphoric ester groups is 1. The van der Waals surface area contributed by atoms with E-state index in [0.717, 1.165) is 25.7 Å². The molecule has 0 aromatic rings. The van der Waals surface area contributed by atoms with Gasteiger partial charge in [-0.1, -0.05) is 64.7 Å². The van der Waals surface area contributed by atoms with Crippen LogP contribution >= 0.6 is 7.82 Å². The van der Waals surface area contributed by atoms with Crippen molar-refractivity contribution in [3.8, 4) is 0 Å². The molecule has 0 aromatic carbocycles. The number of aliphatic hydroxyl groups is 2. The van der Waals surface area contributed by atoms with Crippen molar-refractivity contribution in [3.05, 3.63) is 0 Å². The molecule has 1 unspecified atom stereocenters. The quantitative estimate of drug-likeness (QED) is 0.207. The molecule has 0 aromatic heterocycles. The Morgan fingerprint density at radius 3 is 1.75 bits per heavy atom. The van der Waals surface area contributed by atoms with Crippen LogP contribution in [0.5, 0.6) is 0 Å². The van der Waals surface area contributed by atoms with Gasteiger partial charge < -0.3 is 14.7 Å². The van der Waals surface area contributed by atoms with Gasteiger partial charge in [-0.25, -0.2) is 9.36 Å². The summed E-state index contributed by atoms with van der Waals surface area (Å²) in [4.78, 5) is 28.6. The van der Waals surface area contributed by atoms with E-state index in [1.54, 1.807) is 0 Å². The van der Waals surface area contributed by atoms with Gasteiger partial charge in [0.05, 0.1) is 6.61 Å². The van der Waals surface area contributed by atoms with Gasteiger partial charge in [0.1, 0.15) is 0 Å². The number of carbonyl (C=O) groups is 1. The molecule has 1 atom stereocenters. The van der Waals surface area contributed by atoms with Gasteiger partial charge in [0, 0.05) is 0 Å². The molecule has 0 radical (unpaired) electrons. The summed E-state index contributed by atoms with van der Waals surface area (Å²) in [6.07, 6.45) is 10.6. The molecule has 140 valence electrons. The second-order valence-electron chi connectivity index (χ2n) is 5.99. The first-order chi connectivity index (χ1) is 10.7. The zero-order valence-electron chi connectivity index (χ0n) is 13.9. The van der Waals surface area contributed by atoms with Crippen molar-refractivity contribution >= 4 is 43.3 Å². The van der Waals surface area contributed by atoms with E-state index < -0.39 is 26.0 Å². The van der Waals surface area contributed by atoms with Gasteiger partial charge in [0.15, 0.2) is 5.60 Å². The Balaban J connectivity index is 0. The summed E-state index contributed by atoms with van der Waals surface area (Å²) in [5.74, 6) is -1.48. The number of hydrogen-bond donors (Lipinski definition) is 4. The van der Waals surface area contributed by atoms with Crippen LogP contribution in [-0.2, 0) is 13.9 Å². The summed E-state index contributed by atoms with van der Waals surface area (Å²) in [7, 11) is -5.02. The molecule has 0 amide bonds. The van der Waals surface area contributed by atoms with Gasteiger partial charge >= 0.3 is 43.3 Å². The van der Waals surface area contributed by atoms with Crippen molar-refractivity contribution in [2.45, 2.75) is 83.2 Å². The number of rotatable bonds is 14. The Kier molecular flexibility index (Phi) is 16.4. The van der Waals surface area contributed by atoms with E-state index in [1.807, 2.05) is 0 Å². The minimum absolute atomic E-state index is 0. The Hall–Kier alpha value is 0.540. The van der Waals surface area contributed by atoms with Crippen LogP contribution in [-0.4, -0.2) is 67.7 Å². The Bertz CT molecular complexity index is 375. The first-order valence-corrected chi connectivity index (χ1v) is 9.91. The third-order valence-corrected chi connectivity index (χ3v) is 4.19. The van der Waals surface area contributed by atoms with Crippen LogP contribution < -0.4 is 0 Å². The second-order valence-corrected chi connectivity index (χ2v) is 7.15. The molecular weight excluding hydrogens is 346 g/mol. The fourth-order valence-corrected chi connectivity index (χ4v) is 2.73. The molecule has 0 saturated carbocycles. The van der Waals surface area contributed by atoms with E-state index in [2.05, 4.69) is 11.4 Å². The normalized spacial score (nSPS) is 13.9. The number of aliphatic hydroxyl groups excluding tert-OH is 1. The van der Waals surface area contributed by atoms with Crippen LogP contribution in [0.4, 0.5) is 0 Å². The van der Waals surface area contributed by atoms with Crippen molar-refractivity contribution in [2.24, 2.45) is 0 Å². The third kappa shape index (κ3) is 13.8. The molecule has 0 bridgehead atoms. The van der Waals surface area contributed by atoms with Crippen molar-refractivity contribution in [1.29, 1.82) is 0 Å².